The smallest absolute Gasteiger partial charge is 0.294 e. The molecular formula is C47H45N4O+. The first-order valence-electron chi connectivity index (χ1n) is 18.9. The van der Waals surface area contributed by atoms with Crippen molar-refractivity contribution in [3.05, 3.63) is 150 Å². The average molecular weight is 682 g/mol. The van der Waals surface area contributed by atoms with Crippen molar-refractivity contribution in [2.24, 2.45) is 0 Å². The molecule has 0 saturated heterocycles. The van der Waals surface area contributed by atoms with Crippen LogP contribution in [0.2, 0.25) is 0 Å². The summed E-state index contributed by atoms with van der Waals surface area (Å²) in [6.45, 7) is 14.4. The van der Waals surface area contributed by atoms with E-state index in [4.69, 9.17) is 11.0 Å². The zero-order valence-electron chi connectivity index (χ0n) is 30.7. The monoisotopic (exact) mass is 681 g/mol. The summed E-state index contributed by atoms with van der Waals surface area (Å²) in [4.78, 5) is 5.04. The lowest BCUT2D eigenvalue weighted by molar-refractivity contribution is -0.708. The molecule has 3 aliphatic heterocycles. The second-order valence-electron chi connectivity index (χ2n) is 15.6. The fraction of sp³-hybridized carbons (Fsp3) is 0.255. The Bertz CT molecular complexity index is 2540. The molecule has 0 radical (unpaired) electrons. The Morgan fingerprint density at radius 2 is 1.46 bits per heavy atom. The Kier molecular flexibility index (Phi) is 6.89. The minimum absolute atomic E-state index is 0.0371. The van der Waals surface area contributed by atoms with Gasteiger partial charge in [-0.2, -0.15) is 4.57 Å². The topological polar surface area (TPSA) is 28.4 Å². The highest BCUT2D eigenvalue weighted by atomic mass is 16.3. The number of anilines is 3. The first-order chi connectivity index (χ1) is 25.3. The van der Waals surface area contributed by atoms with Crippen molar-refractivity contribution in [1.29, 1.82) is 0 Å². The lowest BCUT2D eigenvalue weighted by atomic mass is 9.78. The minimum atomic E-state index is -0.107. The number of para-hydroxylation sites is 4. The van der Waals surface area contributed by atoms with E-state index < -0.39 is 0 Å². The fourth-order valence-electron chi connectivity index (χ4n) is 9.85. The molecule has 52 heavy (non-hydrogen) atoms. The molecule has 3 aliphatic rings. The third-order valence-corrected chi connectivity index (χ3v) is 12.1. The summed E-state index contributed by atoms with van der Waals surface area (Å²) in [5.41, 5.74) is 14.9. The van der Waals surface area contributed by atoms with Crippen LogP contribution in [0.5, 0.6) is 0 Å². The Balaban J connectivity index is 1.25. The molecule has 5 heterocycles. The van der Waals surface area contributed by atoms with Crippen molar-refractivity contribution in [3.8, 4) is 17.1 Å². The molecule has 0 bridgehead atoms. The predicted octanol–water partition coefficient (Wildman–Crippen LogP) is 11.3. The van der Waals surface area contributed by atoms with Gasteiger partial charge in [-0.1, -0.05) is 107 Å². The number of benzene rings is 5. The van der Waals surface area contributed by atoms with E-state index in [1.54, 1.807) is 0 Å². The summed E-state index contributed by atoms with van der Waals surface area (Å²) >= 11 is 0. The molecule has 10 rings (SSSR count). The SMILES string of the molecule is C=C1C2N(C)c3ccccc3N2c2c(ccc3oc4ccccc4c23)CCC2c3ccccc3-c3n(-c4c(C(C)C)cccc4C(C)C)cc[n+]3C12. The van der Waals surface area contributed by atoms with E-state index in [2.05, 4.69) is 169 Å². The summed E-state index contributed by atoms with van der Waals surface area (Å²) in [7, 11) is 2.25. The van der Waals surface area contributed by atoms with Crippen molar-refractivity contribution >= 4 is 39.0 Å². The molecule has 258 valence electrons. The highest BCUT2D eigenvalue weighted by Crippen LogP contribution is 2.55. The number of fused-ring (bicyclic) bond motifs is 15. The van der Waals surface area contributed by atoms with E-state index >= 15 is 0 Å². The number of aromatic nitrogens is 2. The minimum Gasteiger partial charge on any atom is -0.456 e. The number of furan rings is 1. The van der Waals surface area contributed by atoms with Crippen molar-refractivity contribution in [1.82, 2.24) is 4.57 Å². The predicted molar refractivity (Wildman–Crippen MR) is 213 cm³/mol. The molecule has 5 nitrogen and oxygen atoms in total. The van der Waals surface area contributed by atoms with Gasteiger partial charge in [0.15, 0.2) is 0 Å². The van der Waals surface area contributed by atoms with Gasteiger partial charge in [0, 0.05) is 35.1 Å². The third kappa shape index (κ3) is 4.25. The summed E-state index contributed by atoms with van der Waals surface area (Å²) in [5, 5.41) is 2.35. The van der Waals surface area contributed by atoms with Gasteiger partial charge in [-0.3, -0.25) is 0 Å². The third-order valence-electron chi connectivity index (χ3n) is 12.1. The summed E-state index contributed by atoms with van der Waals surface area (Å²) in [5.74, 6) is 2.25. The van der Waals surface area contributed by atoms with Crippen molar-refractivity contribution in [3.63, 3.8) is 0 Å². The van der Waals surface area contributed by atoms with Gasteiger partial charge in [0.05, 0.1) is 28.0 Å². The van der Waals surface area contributed by atoms with Crippen LogP contribution in [0.4, 0.5) is 17.1 Å². The number of hydrogen-bond donors (Lipinski definition) is 0. The Morgan fingerprint density at radius 1 is 0.750 bits per heavy atom. The second-order valence-corrected chi connectivity index (χ2v) is 15.6. The largest absolute Gasteiger partial charge is 0.456 e. The molecule has 0 amide bonds. The first kappa shape index (κ1) is 31.2. The molecule has 5 aromatic carbocycles. The molecular weight excluding hydrogens is 637 g/mol. The van der Waals surface area contributed by atoms with Crippen molar-refractivity contribution in [2.45, 2.75) is 70.5 Å². The maximum absolute atomic E-state index is 6.53. The zero-order chi connectivity index (χ0) is 35.4. The van der Waals surface area contributed by atoms with Gasteiger partial charge >= 0.3 is 0 Å². The fourth-order valence-corrected chi connectivity index (χ4v) is 9.85. The second kappa shape index (κ2) is 11.5. The lowest BCUT2D eigenvalue weighted by Crippen LogP contribution is -2.52. The summed E-state index contributed by atoms with van der Waals surface area (Å²) in [6.07, 6.45) is 6.49. The van der Waals surface area contributed by atoms with Gasteiger partial charge < -0.3 is 14.2 Å². The first-order valence-corrected chi connectivity index (χ1v) is 18.9. The average Bonchev–Trinajstić information content (AvgIpc) is 3.85. The standard InChI is InChI=1S/C47H45N4O/c1-28(2)32-17-13-18-33(29(3)4)45(32)50-27-26-49-43-30(5)46-48(6)38-19-10-11-20-39(38)51(46)44-31(22-24-35(43)34-14-7-8-15-36(34)47(49)50)23-25-41-42(44)37-16-9-12-21-40(37)52-41/h7-21,23,25-29,35,43,46H,5,22,24H2,1-4,6H3/q+1. The normalized spacial score (nSPS) is 19.2. The van der Waals surface area contributed by atoms with Crippen LogP contribution in [0.15, 0.2) is 132 Å². The summed E-state index contributed by atoms with van der Waals surface area (Å²) < 4.78 is 11.6. The van der Waals surface area contributed by atoms with Gasteiger partial charge in [-0.05, 0) is 66.1 Å². The Hall–Kier alpha value is -5.55. The van der Waals surface area contributed by atoms with E-state index in [-0.39, 0.29) is 18.1 Å². The number of nitrogens with zero attached hydrogens (tertiary/aromatic N) is 4. The van der Waals surface area contributed by atoms with Gasteiger partial charge in [0.25, 0.3) is 5.82 Å². The van der Waals surface area contributed by atoms with Crippen LogP contribution in [-0.2, 0) is 6.42 Å². The van der Waals surface area contributed by atoms with E-state index in [1.807, 2.05) is 0 Å². The quantitative estimate of drug-likeness (QED) is 0.137. The number of likely N-dealkylation sites (N-methyl/N-ethyl adjacent to an activating group) is 1. The van der Waals surface area contributed by atoms with Gasteiger partial charge in [0.2, 0.25) is 0 Å². The Labute approximate surface area is 306 Å². The molecule has 2 aromatic heterocycles. The van der Waals surface area contributed by atoms with E-state index in [1.165, 1.54) is 67.4 Å². The molecule has 0 fully saturated rings. The van der Waals surface area contributed by atoms with Crippen LogP contribution >= 0.6 is 0 Å². The molecule has 0 N–H and O–H groups in total. The molecule has 3 unspecified atom stereocenters. The van der Waals surface area contributed by atoms with E-state index in [9.17, 15) is 0 Å². The molecule has 0 aliphatic carbocycles. The highest BCUT2D eigenvalue weighted by Gasteiger charge is 2.49. The number of hydrogen-bond acceptors (Lipinski definition) is 3. The van der Waals surface area contributed by atoms with E-state index in [0.29, 0.717) is 11.8 Å². The lowest BCUT2D eigenvalue weighted by Gasteiger charge is -2.38. The van der Waals surface area contributed by atoms with Crippen LogP contribution < -0.4 is 14.4 Å². The van der Waals surface area contributed by atoms with Crippen molar-refractivity contribution in [2.75, 3.05) is 16.8 Å². The zero-order valence-corrected chi connectivity index (χ0v) is 30.7. The van der Waals surface area contributed by atoms with Gasteiger partial charge in [-0.15, -0.1) is 0 Å². The molecule has 0 spiro atoms. The van der Waals surface area contributed by atoms with E-state index in [0.717, 1.165) is 29.4 Å². The van der Waals surface area contributed by atoms with Gasteiger partial charge in [-0.25, -0.2) is 4.57 Å². The van der Waals surface area contributed by atoms with Crippen LogP contribution in [-0.4, -0.2) is 17.8 Å². The number of imidazole rings is 1. The molecule has 7 aromatic rings. The molecule has 5 heteroatoms. The van der Waals surface area contributed by atoms with Crippen molar-refractivity contribution < 1.29 is 8.98 Å². The van der Waals surface area contributed by atoms with Crippen LogP contribution in [0, 0.1) is 0 Å². The van der Waals surface area contributed by atoms with Crippen LogP contribution in [0.3, 0.4) is 0 Å². The number of aryl methyl sites for hydroxylation is 1. The Morgan fingerprint density at radius 3 is 2.25 bits per heavy atom. The highest BCUT2D eigenvalue weighted by molar-refractivity contribution is 6.14. The van der Waals surface area contributed by atoms with Crippen LogP contribution in [0.25, 0.3) is 39.0 Å². The maximum atomic E-state index is 6.53. The maximum Gasteiger partial charge on any atom is 0.294 e. The summed E-state index contributed by atoms with van der Waals surface area (Å²) in [6, 6.07) is 38.0. The molecule has 0 saturated carbocycles. The number of rotatable bonds is 3. The molecule has 3 atom stereocenters. The van der Waals surface area contributed by atoms with Gasteiger partial charge in [0.1, 0.15) is 41.5 Å². The van der Waals surface area contributed by atoms with Crippen LogP contribution in [0.1, 0.15) is 80.2 Å².